The van der Waals surface area contributed by atoms with Crippen molar-refractivity contribution in [3.8, 4) is 6.07 Å². The first-order valence-electron chi connectivity index (χ1n) is 3.25. The SMILES string of the molecule is N#C[C@H](N)c1ccc(F)c(F)c1. The molecule has 1 atom stereocenters. The lowest BCUT2D eigenvalue weighted by molar-refractivity contribution is 0.506. The summed E-state index contributed by atoms with van der Waals surface area (Å²) in [4.78, 5) is 0. The fraction of sp³-hybridized carbons (Fsp3) is 0.125. The smallest absolute Gasteiger partial charge is 0.159 e. The average Bonchev–Trinajstić information content (AvgIpc) is 2.08. The van der Waals surface area contributed by atoms with Gasteiger partial charge in [0.25, 0.3) is 0 Å². The molecule has 62 valence electrons. The summed E-state index contributed by atoms with van der Waals surface area (Å²) in [6, 6.07) is 3.96. The molecule has 0 bridgehead atoms. The minimum Gasteiger partial charge on any atom is -0.312 e. The van der Waals surface area contributed by atoms with E-state index >= 15 is 0 Å². The average molecular weight is 168 g/mol. The van der Waals surface area contributed by atoms with Crippen LogP contribution in [-0.4, -0.2) is 0 Å². The Balaban J connectivity index is 3.06. The highest BCUT2D eigenvalue weighted by Gasteiger charge is 2.07. The van der Waals surface area contributed by atoms with Crippen molar-refractivity contribution < 1.29 is 8.78 Å². The summed E-state index contributed by atoms with van der Waals surface area (Å²) < 4.78 is 24.9. The molecule has 2 N–H and O–H groups in total. The molecule has 1 aromatic carbocycles. The molecule has 0 aliphatic rings. The van der Waals surface area contributed by atoms with E-state index in [0.29, 0.717) is 0 Å². The first-order valence-corrected chi connectivity index (χ1v) is 3.25. The van der Waals surface area contributed by atoms with Crippen LogP contribution in [0.15, 0.2) is 18.2 Å². The second-order valence-electron chi connectivity index (χ2n) is 2.28. The van der Waals surface area contributed by atoms with E-state index in [-0.39, 0.29) is 5.56 Å². The normalized spacial score (nSPS) is 12.2. The van der Waals surface area contributed by atoms with Crippen LogP contribution in [0.4, 0.5) is 8.78 Å². The van der Waals surface area contributed by atoms with Crippen molar-refractivity contribution in [2.24, 2.45) is 5.73 Å². The first-order chi connectivity index (χ1) is 5.65. The quantitative estimate of drug-likeness (QED) is 0.690. The summed E-state index contributed by atoms with van der Waals surface area (Å²) in [5.41, 5.74) is 5.54. The zero-order chi connectivity index (χ0) is 9.14. The summed E-state index contributed by atoms with van der Waals surface area (Å²) in [5, 5.41) is 8.36. The topological polar surface area (TPSA) is 49.8 Å². The highest BCUT2D eigenvalue weighted by molar-refractivity contribution is 5.24. The van der Waals surface area contributed by atoms with Crippen LogP contribution < -0.4 is 5.73 Å². The fourth-order valence-corrected chi connectivity index (χ4v) is 0.780. The molecule has 0 heterocycles. The van der Waals surface area contributed by atoms with Crippen LogP contribution in [0.5, 0.6) is 0 Å². The number of hydrogen-bond donors (Lipinski definition) is 1. The number of nitrogens with two attached hydrogens (primary N) is 1. The molecule has 0 radical (unpaired) electrons. The molecule has 0 saturated carbocycles. The van der Waals surface area contributed by atoms with Crippen LogP contribution >= 0.6 is 0 Å². The number of nitriles is 1. The van der Waals surface area contributed by atoms with E-state index in [0.717, 1.165) is 12.1 Å². The summed E-state index contributed by atoms with van der Waals surface area (Å²) in [6.07, 6.45) is 0. The van der Waals surface area contributed by atoms with Crippen LogP contribution in [0.25, 0.3) is 0 Å². The van der Waals surface area contributed by atoms with Crippen molar-refractivity contribution in [3.05, 3.63) is 35.4 Å². The van der Waals surface area contributed by atoms with Crippen LogP contribution in [0.2, 0.25) is 0 Å². The lowest BCUT2D eigenvalue weighted by Crippen LogP contribution is -2.07. The Morgan fingerprint density at radius 1 is 1.33 bits per heavy atom. The van der Waals surface area contributed by atoms with E-state index in [1.807, 2.05) is 0 Å². The number of nitrogens with zero attached hydrogens (tertiary/aromatic N) is 1. The van der Waals surface area contributed by atoms with Crippen LogP contribution in [0.1, 0.15) is 11.6 Å². The van der Waals surface area contributed by atoms with Crippen molar-refractivity contribution in [2.45, 2.75) is 6.04 Å². The lowest BCUT2D eigenvalue weighted by Gasteiger charge is -2.02. The fourth-order valence-electron chi connectivity index (χ4n) is 0.780. The van der Waals surface area contributed by atoms with Crippen LogP contribution in [0.3, 0.4) is 0 Å². The third-order valence-corrected chi connectivity index (χ3v) is 1.44. The highest BCUT2D eigenvalue weighted by Crippen LogP contribution is 2.13. The Hall–Kier alpha value is -1.47. The predicted octanol–water partition coefficient (Wildman–Crippen LogP) is 1.49. The molecular formula is C8H6F2N2. The zero-order valence-corrected chi connectivity index (χ0v) is 6.09. The van der Waals surface area contributed by atoms with Gasteiger partial charge in [0.15, 0.2) is 11.6 Å². The van der Waals surface area contributed by atoms with Gasteiger partial charge < -0.3 is 5.73 Å². The molecule has 0 aliphatic carbocycles. The van der Waals surface area contributed by atoms with E-state index in [1.165, 1.54) is 6.07 Å². The maximum atomic E-state index is 12.5. The van der Waals surface area contributed by atoms with Gasteiger partial charge >= 0.3 is 0 Å². The van der Waals surface area contributed by atoms with Gasteiger partial charge in [0.2, 0.25) is 0 Å². The first kappa shape index (κ1) is 8.62. The molecule has 0 saturated heterocycles. The van der Waals surface area contributed by atoms with E-state index in [4.69, 9.17) is 11.0 Å². The maximum Gasteiger partial charge on any atom is 0.159 e. The summed E-state index contributed by atoms with van der Waals surface area (Å²) in [6.45, 7) is 0. The third kappa shape index (κ3) is 1.57. The maximum absolute atomic E-state index is 12.5. The molecule has 2 nitrogen and oxygen atoms in total. The minimum absolute atomic E-state index is 0.274. The minimum atomic E-state index is -0.988. The van der Waals surface area contributed by atoms with Gasteiger partial charge in [-0.15, -0.1) is 0 Å². The van der Waals surface area contributed by atoms with Crippen LogP contribution in [-0.2, 0) is 0 Å². The predicted molar refractivity (Wildman–Crippen MR) is 38.9 cm³/mol. The molecule has 0 fully saturated rings. The van der Waals surface area contributed by atoms with Crippen molar-refractivity contribution in [1.29, 1.82) is 5.26 Å². The van der Waals surface area contributed by atoms with Crippen molar-refractivity contribution in [2.75, 3.05) is 0 Å². The molecule has 0 spiro atoms. The van der Waals surface area contributed by atoms with Gasteiger partial charge in [-0.2, -0.15) is 5.26 Å². The van der Waals surface area contributed by atoms with Gasteiger partial charge in [-0.05, 0) is 17.7 Å². The Morgan fingerprint density at radius 2 is 2.00 bits per heavy atom. The van der Waals surface area contributed by atoms with E-state index in [9.17, 15) is 8.78 Å². The van der Waals surface area contributed by atoms with E-state index in [1.54, 1.807) is 6.07 Å². The summed E-state index contributed by atoms with van der Waals surface area (Å²) >= 11 is 0. The van der Waals surface area contributed by atoms with Gasteiger partial charge in [0.05, 0.1) is 6.07 Å². The zero-order valence-electron chi connectivity index (χ0n) is 6.09. The number of rotatable bonds is 1. The Kier molecular flexibility index (Phi) is 2.36. The Bertz CT molecular complexity index is 330. The van der Waals surface area contributed by atoms with Gasteiger partial charge in [-0.25, -0.2) is 8.78 Å². The molecule has 4 heteroatoms. The van der Waals surface area contributed by atoms with Crippen molar-refractivity contribution in [1.82, 2.24) is 0 Å². The molecule has 1 aromatic rings. The molecule has 0 amide bonds. The molecule has 1 rings (SSSR count). The number of hydrogen-bond acceptors (Lipinski definition) is 2. The van der Waals surface area contributed by atoms with Gasteiger partial charge in [-0.1, -0.05) is 6.07 Å². The second-order valence-corrected chi connectivity index (χ2v) is 2.28. The van der Waals surface area contributed by atoms with E-state index in [2.05, 4.69) is 0 Å². The van der Waals surface area contributed by atoms with Crippen molar-refractivity contribution in [3.63, 3.8) is 0 Å². The van der Waals surface area contributed by atoms with Gasteiger partial charge in [0, 0.05) is 0 Å². The molecule has 0 unspecified atom stereocenters. The number of benzene rings is 1. The highest BCUT2D eigenvalue weighted by atomic mass is 19.2. The van der Waals surface area contributed by atoms with Gasteiger partial charge in [-0.3, -0.25) is 0 Å². The second kappa shape index (κ2) is 3.28. The molecule has 0 aromatic heterocycles. The van der Waals surface area contributed by atoms with Crippen molar-refractivity contribution >= 4 is 0 Å². The summed E-state index contributed by atoms with van der Waals surface area (Å²) in [7, 11) is 0. The number of halogens is 2. The third-order valence-electron chi connectivity index (χ3n) is 1.44. The lowest BCUT2D eigenvalue weighted by atomic mass is 10.1. The van der Waals surface area contributed by atoms with E-state index < -0.39 is 17.7 Å². The molecule has 0 aliphatic heterocycles. The summed E-state index contributed by atoms with van der Waals surface area (Å²) in [5.74, 6) is -1.93. The van der Waals surface area contributed by atoms with Gasteiger partial charge in [0.1, 0.15) is 6.04 Å². The molecule has 12 heavy (non-hydrogen) atoms. The largest absolute Gasteiger partial charge is 0.312 e. The Morgan fingerprint density at radius 3 is 2.50 bits per heavy atom. The Labute approximate surface area is 68.2 Å². The monoisotopic (exact) mass is 168 g/mol. The standard InChI is InChI=1S/C8H6F2N2/c9-6-2-1-5(3-7(6)10)8(12)4-11/h1-3,8H,12H2/t8-/m0/s1. The molecular weight excluding hydrogens is 162 g/mol. The van der Waals surface area contributed by atoms with Crippen LogP contribution in [0, 0.1) is 23.0 Å².